The molecule has 0 fully saturated rings. The van der Waals surface area contributed by atoms with Gasteiger partial charge in [-0.1, -0.05) is 0 Å². The van der Waals surface area contributed by atoms with Crippen LogP contribution in [0.4, 0.5) is 5.69 Å². The first-order valence-corrected chi connectivity index (χ1v) is 3.89. The maximum absolute atomic E-state index is 10.6. The number of nitro benzene ring substituents is 1. The molecule has 1 rings (SSSR count). The van der Waals surface area contributed by atoms with Gasteiger partial charge in [0.2, 0.25) is 0 Å². The topological polar surface area (TPSA) is 87.2 Å². The molecule has 0 aliphatic rings. The van der Waals surface area contributed by atoms with Gasteiger partial charge in [0.05, 0.1) is 28.7 Å². The lowest BCUT2D eigenvalue weighted by atomic mass is 10.0. The van der Waals surface area contributed by atoms with Gasteiger partial charge in [-0.15, -0.1) is 0 Å². The first-order valence-electron chi connectivity index (χ1n) is 3.89. The SMILES string of the molecule is Cc1cc(C#N)cc(CO)c1[N+](=O)[O-]. The Morgan fingerprint density at radius 1 is 1.64 bits per heavy atom. The summed E-state index contributed by atoms with van der Waals surface area (Å²) >= 11 is 0. The fraction of sp³-hybridized carbons (Fsp3) is 0.222. The van der Waals surface area contributed by atoms with Gasteiger partial charge < -0.3 is 5.11 Å². The number of hydrogen-bond acceptors (Lipinski definition) is 4. The predicted octanol–water partition coefficient (Wildman–Crippen LogP) is 1.27. The Morgan fingerprint density at radius 3 is 2.71 bits per heavy atom. The first kappa shape index (κ1) is 10.2. The van der Waals surface area contributed by atoms with E-state index in [1.54, 1.807) is 0 Å². The Kier molecular flexibility index (Phi) is 2.79. The predicted molar refractivity (Wildman–Crippen MR) is 48.5 cm³/mol. The summed E-state index contributed by atoms with van der Waals surface area (Å²) in [5.74, 6) is 0. The second kappa shape index (κ2) is 3.85. The Hall–Kier alpha value is -1.93. The van der Waals surface area contributed by atoms with Gasteiger partial charge in [0.15, 0.2) is 0 Å². The molecule has 0 radical (unpaired) electrons. The Bertz CT molecular complexity index is 421. The van der Waals surface area contributed by atoms with Crippen LogP contribution in [-0.4, -0.2) is 10.0 Å². The normalized spacial score (nSPS) is 9.50. The van der Waals surface area contributed by atoms with Crippen molar-refractivity contribution < 1.29 is 10.0 Å². The van der Waals surface area contributed by atoms with Crippen LogP contribution < -0.4 is 0 Å². The highest BCUT2D eigenvalue weighted by atomic mass is 16.6. The molecule has 0 saturated heterocycles. The third-order valence-electron chi connectivity index (χ3n) is 1.86. The summed E-state index contributed by atoms with van der Waals surface area (Å²) in [6, 6.07) is 4.63. The van der Waals surface area contributed by atoms with E-state index in [2.05, 4.69) is 0 Å². The van der Waals surface area contributed by atoms with Gasteiger partial charge in [-0.25, -0.2) is 0 Å². The van der Waals surface area contributed by atoms with E-state index in [1.165, 1.54) is 19.1 Å². The quantitative estimate of drug-likeness (QED) is 0.564. The number of aliphatic hydroxyl groups excluding tert-OH is 1. The molecule has 0 unspecified atom stereocenters. The molecule has 0 atom stereocenters. The van der Waals surface area contributed by atoms with Crippen molar-refractivity contribution in [2.75, 3.05) is 0 Å². The summed E-state index contributed by atoms with van der Waals surface area (Å²) in [5.41, 5.74) is 0.758. The van der Waals surface area contributed by atoms with E-state index in [1.807, 2.05) is 6.07 Å². The summed E-state index contributed by atoms with van der Waals surface area (Å²) in [4.78, 5) is 10.1. The van der Waals surface area contributed by atoms with E-state index in [9.17, 15) is 10.1 Å². The van der Waals surface area contributed by atoms with Gasteiger partial charge in [0.1, 0.15) is 0 Å². The van der Waals surface area contributed by atoms with Gasteiger partial charge in [0, 0.05) is 5.56 Å². The number of hydrogen-bond donors (Lipinski definition) is 1. The fourth-order valence-corrected chi connectivity index (χ4v) is 1.30. The van der Waals surface area contributed by atoms with Gasteiger partial charge in [0.25, 0.3) is 5.69 Å². The summed E-state index contributed by atoms with van der Waals surface area (Å²) in [5, 5.41) is 28.1. The number of rotatable bonds is 2. The molecule has 0 heterocycles. The molecule has 0 spiro atoms. The molecule has 0 bridgehead atoms. The van der Waals surface area contributed by atoms with Crippen molar-refractivity contribution in [2.24, 2.45) is 0 Å². The van der Waals surface area contributed by atoms with Crippen molar-refractivity contribution in [3.8, 4) is 6.07 Å². The van der Waals surface area contributed by atoms with E-state index in [-0.39, 0.29) is 11.3 Å². The minimum absolute atomic E-state index is 0.119. The molecule has 14 heavy (non-hydrogen) atoms. The second-order valence-electron chi connectivity index (χ2n) is 2.83. The minimum atomic E-state index is -0.554. The average molecular weight is 192 g/mol. The van der Waals surface area contributed by atoms with Crippen LogP contribution in [0, 0.1) is 28.4 Å². The number of nitrogens with zero attached hydrogens (tertiary/aromatic N) is 2. The lowest BCUT2D eigenvalue weighted by molar-refractivity contribution is -0.386. The Labute approximate surface area is 80.4 Å². The molecular weight excluding hydrogens is 184 g/mol. The zero-order chi connectivity index (χ0) is 10.7. The van der Waals surface area contributed by atoms with Crippen molar-refractivity contribution in [1.29, 1.82) is 5.26 Å². The molecule has 1 N–H and O–H groups in total. The second-order valence-corrected chi connectivity index (χ2v) is 2.83. The van der Waals surface area contributed by atoms with Crippen LogP contribution in [-0.2, 0) is 6.61 Å². The van der Waals surface area contributed by atoms with Crippen LogP contribution in [0.2, 0.25) is 0 Å². The third-order valence-corrected chi connectivity index (χ3v) is 1.86. The van der Waals surface area contributed by atoms with Gasteiger partial charge in [-0.05, 0) is 19.1 Å². The molecule has 1 aromatic carbocycles. The standard InChI is InChI=1S/C9H8N2O3/c1-6-2-7(4-10)3-8(5-12)9(6)11(13)14/h2-3,12H,5H2,1H3. The van der Waals surface area contributed by atoms with E-state index < -0.39 is 11.5 Å². The van der Waals surface area contributed by atoms with Crippen molar-refractivity contribution in [3.05, 3.63) is 38.9 Å². The van der Waals surface area contributed by atoms with Crippen molar-refractivity contribution in [1.82, 2.24) is 0 Å². The number of aryl methyl sites for hydroxylation is 1. The molecule has 1 aromatic rings. The smallest absolute Gasteiger partial charge is 0.277 e. The van der Waals surface area contributed by atoms with Crippen molar-refractivity contribution >= 4 is 5.69 Å². The molecule has 0 amide bonds. The monoisotopic (exact) mass is 192 g/mol. The number of nitriles is 1. The number of benzene rings is 1. The summed E-state index contributed by atoms with van der Waals surface area (Å²) in [7, 11) is 0. The molecule has 0 aromatic heterocycles. The van der Waals surface area contributed by atoms with Crippen molar-refractivity contribution in [2.45, 2.75) is 13.5 Å². The molecule has 5 heteroatoms. The fourth-order valence-electron chi connectivity index (χ4n) is 1.30. The minimum Gasteiger partial charge on any atom is -0.391 e. The molecule has 0 aliphatic heterocycles. The molecule has 5 nitrogen and oxygen atoms in total. The highest BCUT2D eigenvalue weighted by Gasteiger charge is 2.17. The number of aliphatic hydroxyl groups is 1. The average Bonchev–Trinajstić information content (AvgIpc) is 2.15. The highest BCUT2D eigenvalue weighted by Crippen LogP contribution is 2.24. The molecule has 0 saturated carbocycles. The van der Waals surface area contributed by atoms with E-state index >= 15 is 0 Å². The van der Waals surface area contributed by atoms with E-state index in [4.69, 9.17) is 10.4 Å². The molecular formula is C9H8N2O3. The molecule has 72 valence electrons. The summed E-state index contributed by atoms with van der Waals surface area (Å²) in [6.45, 7) is 1.10. The summed E-state index contributed by atoms with van der Waals surface area (Å²) in [6.07, 6.45) is 0. The zero-order valence-corrected chi connectivity index (χ0v) is 7.52. The first-order chi connectivity index (χ1) is 6.60. The Balaban J connectivity index is 3.44. The lowest BCUT2D eigenvalue weighted by Crippen LogP contribution is -1.99. The lowest BCUT2D eigenvalue weighted by Gasteiger charge is -2.02. The highest BCUT2D eigenvalue weighted by molar-refractivity contribution is 5.52. The van der Waals surface area contributed by atoms with Gasteiger partial charge >= 0.3 is 0 Å². The van der Waals surface area contributed by atoms with Crippen LogP contribution in [0.15, 0.2) is 12.1 Å². The van der Waals surface area contributed by atoms with Gasteiger partial charge in [-0.2, -0.15) is 5.26 Å². The Morgan fingerprint density at radius 2 is 2.29 bits per heavy atom. The zero-order valence-electron chi connectivity index (χ0n) is 7.52. The maximum atomic E-state index is 10.6. The van der Waals surface area contributed by atoms with Crippen LogP contribution in [0.3, 0.4) is 0 Å². The van der Waals surface area contributed by atoms with Crippen LogP contribution in [0.1, 0.15) is 16.7 Å². The molecule has 0 aliphatic carbocycles. The third kappa shape index (κ3) is 1.70. The van der Waals surface area contributed by atoms with E-state index in [0.717, 1.165) is 0 Å². The van der Waals surface area contributed by atoms with Crippen LogP contribution in [0.5, 0.6) is 0 Å². The van der Waals surface area contributed by atoms with E-state index in [0.29, 0.717) is 11.1 Å². The largest absolute Gasteiger partial charge is 0.391 e. The maximum Gasteiger partial charge on any atom is 0.277 e. The van der Waals surface area contributed by atoms with Crippen molar-refractivity contribution in [3.63, 3.8) is 0 Å². The van der Waals surface area contributed by atoms with Crippen LogP contribution >= 0.6 is 0 Å². The van der Waals surface area contributed by atoms with Crippen LogP contribution in [0.25, 0.3) is 0 Å². The summed E-state index contributed by atoms with van der Waals surface area (Å²) < 4.78 is 0. The van der Waals surface area contributed by atoms with Gasteiger partial charge in [-0.3, -0.25) is 10.1 Å². The number of nitro groups is 1.